The predicted molar refractivity (Wildman–Crippen MR) is 58.2 cm³/mol. The van der Waals surface area contributed by atoms with E-state index in [1.165, 1.54) is 0 Å². The highest BCUT2D eigenvalue weighted by molar-refractivity contribution is 5.29. The lowest BCUT2D eigenvalue weighted by atomic mass is 10.1. The Labute approximate surface area is 85.0 Å². The van der Waals surface area contributed by atoms with Gasteiger partial charge in [-0.25, -0.2) is 0 Å². The molecule has 1 aromatic rings. The molecule has 0 saturated carbocycles. The predicted octanol–water partition coefficient (Wildman–Crippen LogP) is 1.43. The largest absolute Gasteiger partial charge is 0.491 e. The second-order valence-corrected chi connectivity index (χ2v) is 3.58. The van der Waals surface area contributed by atoms with Gasteiger partial charge in [-0.3, -0.25) is 0 Å². The normalized spacial score (nSPS) is 12.9. The van der Waals surface area contributed by atoms with Gasteiger partial charge in [-0.2, -0.15) is 0 Å². The Morgan fingerprint density at radius 3 is 2.21 bits per heavy atom. The fourth-order valence-electron chi connectivity index (χ4n) is 1.20. The van der Waals surface area contributed by atoms with Gasteiger partial charge in [-0.15, -0.1) is 0 Å². The van der Waals surface area contributed by atoms with Gasteiger partial charge in [0.15, 0.2) is 0 Å². The van der Waals surface area contributed by atoms with Crippen molar-refractivity contribution in [3.63, 3.8) is 0 Å². The summed E-state index contributed by atoms with van der Waals surface area (Å²) in [6.07, 6.45) is 0.198. The molecule has 1 atom stereocenters. The maximum atomic E-state index is 5.78. The van der Waals surface area contributed by atoms with Crippen LogP contribution in [0.3, 0.4) is 0 Å². The first-order valence-electron chi connectivity index (χ1n) is 4.85. The zero-order valence-corrected chi connectivity index (χ0v) is 8.73. The highest BCUT2D eigenvalue weighted by atomic mass is 16.5. The third-order valence-electron chi connectivity index (χ3n) is 1.93. The highest BCUT2D eigenvalue weighted by Gasteiger charge is 2.03. The van der Waals surface area contributed by atoms with E-state index in [-0.39, 0.29) is 12.1 Å². The Morgan fingerprint density at radius 1 is 1.21 bits per heavy atom. The van der Waals surface area contributed by atoms with Crippen LogP contribution in [0.5, 0.6) is 5.75 Å². The van der Waals surface area contributed by atoms with Crippen LogP contribution in [0.1, 0.15) is 25.5 Å². The molecule has 0 aliphatic heterocycles. The van der Waals surface area contributed by atoms with Crippen molar-refractivity contribution in [1.82, 2.24) is 0 Å². The average molecular weight is 194 g/mol. The zero-order chi connectivity index (χ0) is 10.6. The molecule has 1 aromatic carbocycles. The van der Waals surface area contributed by atoms with Gasteiger partial charge in [-0.1, -0.05) is 12.1 Å². The summed E-state index contributed by atoms with van der Waals surface area (Å²) in [5.41, 5.74) is 12.3. The molecular formula is C11H18N2O. The van der Waals surface area contributed by atoms with Crippen molar-refractivity contribution in [3.05, 3.63) is 29.8 Å². The first-order chi connectivity index (χ1) is 6.63. The Balaban J connectivity index is 2.68. The standard InChI is InChI=1S/C11H18N2O/c1-8(2)14-10-5-3-9(4-6-10)11(13)7-12/h3-6,8,11H,7,12-13H2,1-2H3/t11-/m0/s1. The van der Waals surface area contributed by atoms with Crippen molar-refractivity contribution >= 4 is 0 Å². The number of hydrogen-bond donors (Lipinski definition) is 2. The molecule has 14 heavy (non-hydrogen) atoms. The molecule has 3 heteroatoms. The topological polar surface area (TPSA) is 61.3 Å². The van der Waals surface area contributed by atoms with Crippen LogP contribution < -0.4 is 16.2 Å². The van der Waals surface area contributed by atoms with Crippen LogP contribution in [0.25, 0.3) is 0 Å². The Kier molecular flexibility index (Phi) is 3.92. The van der Waals surface area contributed by atoms with Crippen LogP contribution in [0.2, 0.25) is 0 Å². The first-order valence-corrected chi connectivity index (χ1v) is 4.85. The summed E-state index contributed by atoms with van der Waals surface area (Å²) >= 11 is 0. The second kappa shape index (κ2) is 4.98. The van der Waals surface area contributed by atoms with E-state index in [9.17, 15) is 0 Å². The van der Waals surface area contributed by atoms with E-state index in [2.05, 4.69) is 0 Å². The van der Waals surface area contributed by atoms with Crippen LogP contribution in [0.15, 0.2) is 24.3 Å². The van der Waals surface area contributed by atoms with Crippen molar-refractivity contribution in [1.29, 1.82) is 0 Å². The van der Waals surface area contributed by atoms with Crippen LogP contribution in [-0.4, -0.2) is 12.6 Å². The summed E-state index contributed by atoms with van der Waals surface area (Å²) < 4.78 is 5.51. The van der Waals surface area contributed by atoms with Gasteiger partial charge in [0, 0.05) is 12.6 Å². The van der Waals surface area contributed by atoms with Gasteiger partial charge in [0.05, 0.1) is 6.10 Å². The van der Waals surface area contributed by atoms with Crippen molar-refractivity contribution in [2.24, 2.45) is 11.5 Å². The van der Waals surface area contributed by atoms with E-state index < -0.39 is 0 Å². The summed E-state index contributed by atoms with van der Waals surface area (Å²) in [5.74, 6) is 0.868. The fraction of sp³-hybridized carbons (Fsp3) is 0.455. The molecule has 0 amide bonds. The minimum atomic E-state index is -0.0805. The molecule has 3 nitrogen and oxygen atoms in total. The van der Waals surface area contributed by atoms with Gasteiger partial charge in [0.1, 0.15) is 5.75 Å². The summed E-state index contributed by atoms with van der Waals surface area (Å²) in [7, 11) is 0. The second-order valence-electron chi connectivity index (χ2n) is 3.58. The summed E-state index contributed by atoms with van der Waals surface area (Å²) in [6.45, 7) is 4.46. The molecular weight excluding hydrogens is 176 g/mol. The molecule has 1 rings (SSSR count). The van der Waals surface area contributed by atoms with Gasteiger partial charge in [0.2, 0.25) is 0 Å². The molecule has 0 bridgehead atoms. The van der Waals surface area contributed by atoms with E-state index >= 15 is 0 Å². The van der Waals surface area contributed by atoms with E-state index in [1.807, 2.05) is 38.1 Å². The molecule has 0 radical (unpaired) electrons. The molecule has 0 heterocycles. The summed E-state index contributed by atoms with van der Waals surface area (Å²) in [5, 5.41) is 0. The van der Waals surface area contributed by atoms with Crippen LogP contribution >= 0.6 is 0 Å². The monoisotopic (exact) mass is 194 g/mol. The van der Waals surface area contributed by atoms with Crippen LogP contribution in [0, 0.1) is 0 Å². The van der Waals surface area contributed by atoms with Gasteiger partial charge < -0.3 is 16.2 Å². The Morgan fingerprint density at radius 2 is 1.79 bits per heavy atom. The highest BCUT2D eigenvalue weighted by Crippen LogP contribution is 2.16. The lowest BCUT2D eigenvalue weighted by Crippen LogP contribution is -2.20. The Bertz CT molecular complexity index is 269. The van der Waals surface area contributed by atoms with Crippen molar-refractivity contribution in [2.75, 3.05) is 6.54 Å². The van der Waals surface area contributed by atoms with Gasteiger partial charge in [0.25, 0.3) is 0 Å². The van der Waals surface area contributed by atoms with Gasteiger partial charge in [-0.05, 0) is 31.5 Å². The van der Waals surface area contributed by atoms with Crippen LogP contribution in [0.4, 0.5) is 0 Å². The number of rotatable bonds is 4. The number of benzene rings is 1. The minimum absolute atomic E-state index is 0.0805. The molecule has 78 valence electrons. The van der Waals surface area contributed by atoms with E-state index in [1.54, 1.807) is 0 Å². The molecule has 0 unspecified atom stereocenters. The summed E-state index contributed by atoms with van der Waals surface area (Å²) in [4.78, 5) is 0. The number of hydrogen-bond acceptors (Lipinski definition) is 3. The molecule has 0 fully saturated rings. The maximum absolute atomic E-state index is 5.78. The minimum Gasteiger partial charge on any atom is -0.491 e. The SMILES string of the molecule is CC(C)Oc1ccc([C@@H](N)CN)cc1. The third kappa shape index (κ3) is 3.01. The third-order valence-corrected chi connectivity index (χ3v) is 1.93. The maximum Gasteiger partial charge on any atom is 0.119 e. The molecule has 0 spiro atoms. The van der Waals surface area contributed by atoms with Crippen molar-refractivity contribution in [2.45, 2.75) is 26.0 Å². The zero-order valence-electron chi connectivity index (χ0n) is 8.73. The summed E-state index contributed by atoms with van der Waals surface area (Å²) in [6, 6.07) is 7.67. The fourth-order valence-corrected chi connectivity index (χ4v) is 1.20. The average Bonchev–Trinajstić information content (AvgIpc) is 2.17. The van der Waals surface area contributed by atoms with E-state index in [0.717, 1.165) is 11.3 Å². The van der Waals surface area contributed by atoms with Crippen LogP contribution in [-0.2, 0) is 0 Å². The number of nitrogens with two attached hydrogens (primary N) is 2. The van der Waals surface area contributed by atoms with Crippen molar-refractivity contribution < 1.29 is 4.74 Å². The lowest BCUT2D eigenvalue weighted by Gasteiger charge is -2.12. The Hall–Kier alpha value is -1.06. The van der Waals surface area contributed by atoms with Gasteiger partial charge >= 0.3 is 0 Å². The van der Waals surface area contributed by atoms with E-state index in [0.29, 0.717) is 6.54 Å². The molecule has 0 aliphatic carbocycles. The first kappa shape index (κ1) is 11.0. The smallest absolute Gasteiger partial charge is 0.119 e. The quantitative estimate of drug-likeness (QED) is 0.762. The molecule has 0 aromatic heterocycles. The van der Waals surface area contributed by atoms with E-state index in [4.69, 9.17) is 16.2 Å². The molecule has 4 N–H and O–H groups in total. The molecule has 0 saturated heterocycles. The molecule has 0 aliphatic rings. The van der Waals surface area contributed by atoms with Crippen molar-refractivity contribution in [3.8, 4) is 5.75 Å². The lowest BCUT2D eigenvalue weighted by molar-refractivity contribution is 0.242. The number of ether oxygens (including phenoxy) is 1.